The van der Waals surface area contributed by atoms with E-state index in [1.165, 1.54) is 31.2 Å². The Labute approximate surface area is 92.5 Å². The minimum Gasteiger partial charge on any atom is -0.492 e. The molecule has 1 aromatic rings. The van der Waals surface area contributed by atoms with Crippen molar-refractivity contribution < 1.29 is 4.74 Å². The van der Waals surface area contributed by atoms with E-state index in [1.54, 1.807) is 0 Å². The number of hydrogen-bond acceptors (Lipinski definition) is 1. The maximum atomic E-state index is 5.82. The first kappa shape index (κ1) is 10.5. The number of fused-ring (bicyclic) bond motifs is 1. The van der Waals surface area contributed by atoms with E-state index >= 15 is 0 Å². The van der Waals surface area contributed by atoms with Crippen molar-refractivity contribution in [2.24, 2.45) is 0 Å². The van der Waals surface area contributed by atoms with Gasteiger partial charge in [0.05, 0.1) is 6.61 Å². The summed E-state index contributed by atoms with van der Waals surface area (Å²) in [6, 6.07) is 8.54. The van der Waals surface area contributed by atoms with Crippen molar-refractivity contribution in [1.29, 1.82) is 0 Å². The van der Waals surface area contributed by atoms with Crippen LogP contribution in [0, 0.1) is 0 Å². The number of ether oxygens (including phenoxy) is 1. The summed E-state index contributed by atoms with van der Waals surface area (Å²) in [5, 5.41) is 0. The first-order valence-electron chi connectivity index (χ1n) is 6.05. The molecule has 1 aromatic carbocycles. The molecule has 2 rings (SSSR count). The van der Waals surface area contributed by atoms with E-state index in [0.717, 1.165) is 12.4 Å². The van der Waals surface area contributed by atoms with Crippen molar-refractivity contribution in [2.75, 3.05) is 6.61 Å². The van der Waals surface area contributed by atoms with Gasteiger partial charge in [0.1, 0.15) is 5.75 Å². The van der Waals surface area contributed by atoms with Gasteiger partial charge in [0, 0.05) is 11.0 Å². The van der Waals surface area contributed by atoms with Crippen molar-refractivity contribution >= 4 is 0 Å². The van der Waals surface area contributed by atoms with E-state index in [2.05, 4.69) is 38.1 Å². The van der Waals surface area contributed by atoms with Crippen LogP contribution in [0.3, 0.4) is 0 Å². The molecule has 0 amide bonds. The van der Waals surface area contributed by atoms with Crippen LogP contribution in [0.5, 0.6) is 5.75 Å². The lowest BCUT2D eigenvalue weighted by Gasteiger charge is -2.27. The summed E-state index contributed by atoms with van der Waals surface area (Å²) in [7, 11) is 0. The highest BCUT2D eigenvalue weighted by Crippen LogP contribution is 2.44. The van der Waals surface area contributed by atoms with E-state index in [9.17, 15) is 0 Å². The number of para-hydroxylation sites is 1. The summed E-state index contributed by atoms with van der Waals surface area (Å²) in [6.07, 6.45) is 4.96. The Bertz CT molecular complexity index is 318. The fourth-order valence-corrected chi connectivity index (χ4v) is 2.82. The zero-order valence-corrected chi connectivity index (χ0v) is 9.75. The highest BCUT2D eigenvalue weighted by molar-refractivity contribution is 5.43. The summed E-state index contributed by atoms with van der Waals surface area (Å²) < 4.78 is 5.82. The van der Waals surface area contributed by atoms with E-state index in [-0.39, 0.29) is 0 Å². The van der Waals surface area contributed by atoms with Crippen LogP contribution in [0.1, 0.15) is 45.1 Å². The molecule has 0 spiro atoms. The monoisotopic (exact) mass is 204 g/mol. The molecule has 1 aliphatic heterocycles. The molecule has 0 saturated heterocycles. The second kappa shape index (κ2) is 4.26. The Morgan fingerprint density at radius 2 is 1.80 bits per heavy atom. The summed E-state index contributed by atoms with van der Waals surface area (Å²) in [6.45, 7) is 5.41. The summed E-state index contributed by atoms with van der Waals surface area (Å²) >= 11 is 0. The number of rotatable bonds is 4. The summed E-state index contributed by atoms with van der Waals surface area (Å²) in [4.78, 5) is 0. The van der Waals surface area contributed by atoms with Gasteiger partial charge in [-0.2, -0.15) is 0 Å². The molecule has 0 saturated carbocycles. The standard InChI is InChI=1S/C14H20O/c1-3-9-14(10-4-2)11-15-13-8-6-5-7-12(13)14/h5-8H,3-4,9-11H2,1-2H3. The summed E-state index contributed by atoms with van der Waals surface area (Å²) in [5.74, 6) is 1.11. The van der Waals surface area contributed by atoms with E-state index in [1.807, 2.05) is 0 Å². The van der Waals surface area contributed by atoms with Crippen molar-refractivity contribution in [3.63, 3.8) is 0 Å². The largest absolute Gasteiger partial charge is 0.492 e. The van der Waals surface area contributed by atoms with Crippen LogP contribution in [0.4, 0.5) is 0 Å². The first-order chi connectivity index (χ1) is 7.32. The molecule has 1 heteroatoms. The van der Waals surface area contributed by atoms with Crippen molar-refractivity contribution in [1.82, 2.24) is 0 Å². The molecule has 0 aromatic heterocycles. The third kappa shape index (κ3) is 1.75. The van der Waals surface area contributed by atoms with Gasteiger partial charge in [0.25, 0.3) is 0 Å². The third-order valence-corrected chi connectivity index (χ3v) is 3.42. The van der Waals surface area contributed by atoms with Gasteiger partial charge in [-0.15, -0.1) is 0 Å². The molecule has 0 fully saturated rings. The van der Waals surface area contributed by atoms with Gasteiger partial charge in [-0.3, -0.25) is 0 Å². The first-order valence-corrected chi connectivity index (χ1v) is 6.05. The van der Waals surface area contributed by atoms with Crippen LogP contribution in [0.2, 0.25) is 0 Å². The van der Waals surface area contributed by atoms with Crippen LogP contribution in [-0.2, 0) is 5.41 Å². The Kier molecular flexibility index (Phi) is 2.99. The Balaban J connectivity index is 2.35. The van der Waals surface area contributed by atoms with Crippen molar-refractivity contribution in [2.45, 2.75) is 44.9 Å². The maximum Gasteiger partial charge on any atom is 0.123 e. The minimum absolute atomic E-state index is 0.306. The lowest BCUT2D eigenvalue weighted by atomic mass is 9.75. The number of benzene rings is 1. The predicted octanol–water partition coefficient (Wildman–Crippen LogP) is 3.92. The van der Waals surface area contributed by atoms with Gasteiger partial charge in [-0.05, 0) is 18.9 Å². The highest BCUT2D eigenvalue weighted by Gasteiger charge is 2.38. The molecule has 0 unspecified atom stereocenters. The van der Waals surface area contributed by atoms with Crippen LogP contribution in [0.25, 0.3) is 0 Å². The van der Waals surface area contributed by atoms with Crippen molar-refractivity contribution in [3.8, 4) is 5.75 Å². The molecule has 15 heavy (non-hydrogen) atoms. The SMILES string of the molecule is CCCC1(CCC)COc2ccccc21. The normalized spacial score (nSPS) is 17.2. The molecular formula is C14H20O. The zero-order chi connectivity index (χ0) is 10.7. The van der Waals surface area contributed by atoms with Gasteiger partial charge in [-0.1, -0.05) is 44.9 Å². The van der Waals surface area contributed by atoms with Gasteiger partial charge in [0.2, 0.25) is 0 Å². The maximum absolute atomic E-state index is 5.82. The molecule has 82 valence electrons. The van der Waals surface area contributed by atoms with E-state index < -0.39 is 0 Å². The smallest absolute Gasteiger partial charge is 0.123 e. The fourth-order valence-electron chi connectivity index (χ4n) is 2.82. The highest BCUT2D eigenvalue weighted by atomic mass is 16.5. The van der Waals surface area contributed by atoms with Gasteiger partial charge >= 0.3 is 0 Å². The van der Waals surface area contributed by atoms with E-state index in [4.69, 9.17) is 4.74 Å². The quantitative estimate of drug-likeness (QED) is 0.722. The zero-order valence-electron chi connectivity index (χ0n) is 9.75. The molecule has 1 aliphatic rings. The second-order valence-corrected chi connectivity index (χ2v) is 4.57. The predicted molar refractivity (Wildman–Crippen MR) is 63.4 cm³/mol. The molecule has 0 radical (unpaired) electrons. The van der Waals surface area contributed by atoms with Crippen molar-refractivity contribution in [3.05, 3.63) is 29.8 Å². The Hall–Kier alpha value is -0.980. The van der Waals surface area contributed by atoms with Gasteiger partial charge in [-0.25, -0.2) is 0 Å². The third-order valence-electron chi connectivity index (χ3n) is 3.42. The topological polar surface area (TPSA) is 9.23 Å². The van der Waals surface area contributed by atoms with E-state index in [0.29, 0.717) is 5.41 Å². The average Bonchev–Trinajstić information content (AvgIpc) is 2.60. The van der Waals surface area contributed by atoms with Crippen LogP contribution < -0.4 is 4.74 Å². The fraction of sp³-hybridized carbons (Fsp3) is 0.571. The van der Waals surface area contributed by atoms with Gasteiger partial charge < -0.3 is 4.74 Å². The molecule has 1 nitrogen and oxygen atoms in total. The van der Waals surface area contributed by atoms with Crippen LogP contribution in [0.15, 0.2) is 24.3 Å². The summed E-state index contributed by atoms with van der Waals surface area (Å²) in [5.41, 5.74) is 1.74. The molecule has 1 heterocycles. The molecule has 0 aliphatic carbocycles. The average molecular weight is 204 g/mol. The Morgan fingerprint density at radius 3 is 2.47 bits per heavy atom. The minimum atomic E-state index is 0.306. The molecular weight excluding hydrogens is 184 g/mol. The lowest BCUT2D eigenvalue weighted by Crippen LogP contribution is -2.27. The van der Waals surface area contributed by atoms with Gasteiger partial charge in [0.15, 0.2) is 0 Å². The molecule has 0 atom stereocenters. The second-order valence-electron chi connectivity index (χ2n) is 4.57. The Morgan fingerprint density at radius 1 is 1.13 bits per heavy atom. The van der Waals surface area contributed by atoms with Crippen LogP contribution >= 0.6 is 0 Å². The lowest BCUT2D eigenvalue weighted by molar-refractivity contribution is 0.239. The molecule has 0 N–H and O–H groups in total. The van der Waals surface area contributed by atoms with Crippen LogP contribution in [-0.4, -0.2) is 6.61 Å². The molecule has 0 bridgehead atoms. The number of hydrogen-bond donors (Lipinski definition) is 0.